The number of benzene rings is 1. The highest BCUT2D eigenvalue weighted by Crippen LogP contribution is 2.28. The van der Waals surface area contributed by atoms with E-state index in [4.69, 9.17) is 21.9 Å². The van der Waals surface area contributed by atoms with Crippen molar-refractivity contribution >= 4 is 17.3 Å². The van der Waals surface area contributed by atoms with Crippen LogP contribution in [0.5, 0.6) is 0 Å². The van der Waals surface area contributed by atoms with Gasteiger partial charge < -0.3 is 21.9 Å². The van der Waals surface area contributed by atoms with E-state index in [0.717, 1.165) is 17.5 Å². The molecule has 0 spiro atoms. The largest absolute Gasteiger partial charge is 0.465 e. The molecule has 106 valence electrons. The van der Waals surface area contributed by atoms with Crippen LogP contribution in [-0.2, 0) is 22.4 Å². The van der Waals surface area contributed by atoms with Crippen LogP contribution in [0.15, 0.2) is 12.1 Å². The molecule has 0 bridgehead atoms. The molecule has 0 amide bonds. The Morgan fingerprint density at radius 3 is 2.47 bits per heavy atom. The maximum atomic E-state index is 11.8. The Balaban J connectivity index is 3.11. The number of nitrogens with two attached hydrogens (primary N) is 3. The van der Waals surface area contributed by atoms with Gasteiger partial charge in [0.05, 0.1) is 18.0 Å². The minimum atomic E-state index is -1.11. The summed E-state index contributed by atoms with van der Waals surface area (Å²) >= 11 is 0. The van der Waals surface area contributed by atoms with Gasteiger partial charge in [0.25, 0.3) is 0 Å². The van der Waals surface area contributed by atoms with E-state index in [-0.39, 0.29) is 0 Å². The molecule has 1 aromatic carbocycles. The minimum absolute atomic E-state index is 0.304. The third-order valence-electron chi connectivity index (χ3n) is 3.15. The molecule has 0 radical (unpaired) electrons. The SMILES string of the molecule is CCOC(=O)C(C)(N)Cc1c(CC)ccc(N)c1N. The Bertz CT molecular complexity index is 470. The first-order chi connectivity index (χ1) is 8.83. The van der Waals surface area contributed by atoms with Crippen molar-refractivity contribution in [2.75, 3.05) is 18.1 Å². The highest BCUT2D eigenvalue weighted by molar-refractivity contribution is 5.81. The van der Waals surface area contributed by atoms with Crippen LogP contribution >= 0.6 is 0 Å². The Hall–Kier alpha value is -1.75. The van der Waals surface area contributed by atoms with E-state index in [1.165, 1.54) is 0 Å². The molecule has 1 rings (SSSR count). The normalized spacial score (nSPS) is 13.9. The summed E-state index contributed by atoms with van der Waals surface area (Å²) in [5, 5.41) is 0. The third-order valence-corrected chi connectivity index (χ3v) is 3.15. The summed E-state index contributed by atoms with van der Waals surface area (Å²) in [5.74, 6) is -0.432. The molecule has 19 heavy (non-hydrogen) atoms. The fourth-order valence-corrected chi connectivity index (χ4v) is 2.00. The lowest BCUT2D eigenvalue weighted by molar-refractivity contribution is -0.148. The van der Waals surface area contributed by atoms with Gasteiger partial charge in [-0.3, -0.25) is 4.79 Å². The maximum Gasteiger partial charge on any atom is 0.326 e. The van der Waals surface area contributed by atoms with Crippen molar-refractivity contribution in [1.29, 1.82) is 0 Å². The summed E-state index contributed by atoms with van der Waals surface area (Å²) in [7, 11) is 0. The lowest BCUT2D eigenvalue weighted by Gasteiger charge is -2.25. The Labute approximate surface area is 114 Å². The molecule has 0 saturated carbocycles. The second kappa shape index (κ2) is 5.93. The predicted molar refractivity (Wildman–Crippen MR) is 77.6 cm³/mol. The molecule has 0 aromatic heterocycles. The number of anilines is 2. The summed E-state index contributed by atoms with van der Waals surface area (Å²) in [4.78, 5) is 11.8. The van der Waals surface area contributed by atoms with Crippen molar-refractivity contribution in [3.05, 3.63) is 23.3 Å². The Kier molecular flexibility index (Phi) is 4.78. The fraction of sp³-hybridized carbons (Fsp3) is 0.500. The summed E-state index contributed by atoms with van der Waals surface area (Å²) in [6.45, 7) is 5.72. The van der Waals surface area contributed by atoms with Crippen LogP contribution in [0, 0.1) is 0 Å². The highest BCUT2D eigenvalue weighted by Gasteiger charge is 2.31. The van der Waals surface area contributed by atoms with Gasteiger partial charge in [-0.05, 0) is 37.5 Å². The van der Waals surface area contributed by atoms with E-state index in [0.29, 0.717) is 24.4 Å². The monoisotopic (exact) mass is 265 g/mol. The number of aryl methyl sites for hydroxylation is 1. The van der Waals surface area contributed by atoms with Gasteiger partial charge >= 0.3 is 5.97 Å². The molecule has 1 unspecified atom stereocenters. The van der Waals surface area contributed by atoms with E-state index in [1.807, 2.05) is 13.0 Å². The molecule has 0 aliphatic heterocycles. The molecule has 0 fully saturated rings. The molecule has 6 N–H and O–H groups in total. The van der Waals surface area contributed by atoms with Crippen LogP contribution < -0.4 is 17.2 Å². The maximum absolute atomic E-state index is 11.8. The number of hydrogen-bond acceptors (Lipinski definition) is 5. The molecule has 0 aliphatic carbocycles. The number of rotatable bonds is 5. The number of esters is 1. The molecule has 1 aromatic rings. The average Bonchev–Trinajstić information content (AvgIpc) is 2.35. The van der Waals surface area contributed by atoms with Gasteiger partial charge in [-0.2, -0.15) is 0 Å². The van der Waals surface area contributed by atoms with Crippen molar-refractivity contribution in [3.63, 3.8) is 0 Å². The van der Waals surface area contributed by atoms with Gasteiger partial charge in [0.2, 0.25) is 0 Å². The number of ether oxygens (including phenoxy) is 1. The first-order valence-electron chi connectivity index (χ1n) is 6.45. The highest BCUT2D eigenvalue weighted by atomic mass is 16.5. The second-order valence-electron chi connectivity index (χ2n) is 4.87. The van der Waals surface area contributed by atoms with E-state index < -0.39 is 11.5 Å². The predicted octanol–water partition coefficient (Wildman–Crippen LogP) is 1.24. The van der Waals surface area contributed by atoms with E-state index in [2.05, 4.69) is 0 Å². The minimum Gasteiger partial charge on any atom is -0.465 e. The molecular formula is C14H23N3O2. The lowest BCUT2D eigenvalue weighted by Crippen LogP contribution is -2.48. The Morgan fingerprint density at radius 1 is 1.32 bits per heavy atom. The number of hydrogen-bond donors (Lipinski definition) is 3. The molecule has 1 atom stereocenters. The summed E-state index contributed by atoms with van der Waals surface area (Å²) in [6.07, 6.45) is 1.12. The number of nitrogen functional groups attached to an aromatic ring is 2. The molecule has 5 nitrogen and oxygen atoms in total. The number of carbonyl (C=O) groups is 1. The summed E-state index contributed by atoms with van der Waals surface area (Å²) in [5.41, 5.74) is 19.7. The van der Waals surface area contributed by atoms with Gasteiger partial charge in [-0.15, -0.1) is 0 Å². The van der Waals surface area contributed by atoms with Crippen LogP contribution in [-0.4, -0.2) is 18.1 Å². The van der Waals surface area contributed by atoms with Gasteiger partial charge in [-0.25, -0.2) is 0 Å². The van der Waals surface area contributed by atoms with Gasteiger partial charge in [0.1, 0.15) is 5.54 Å². The second-order valence-corrected chi connectivity index (χ2v) is 4.87. The topological polar surface area (TPSA) is 104 Å². The van der Waals surface area contributed by atoms with Gasteiger partial charge in [0.15, 0.2) is 0 Å². The zero-order valence-electron chi connectivity index (χ0n) is 11.8. The van der Waals surface area contributed by atoms with Crippen LogP contribution in [0.3, 0.4) is 0 Å². The van der Waals surface area contributed by atoms with Crippen molar-refractivity contribution in [2.24, 2.45) is 5.73 Å². The molecule has 5 heteroatoms. The van der Waals surface area contributed by atoms with Crippen molar-refractivity contribution < 1.29 is 9.53 Å². The first-order valence-corrected chi connectivity index (χ1v) is 6.45. The third kappa shape index (κ3) is 3.38. The molecule has 0 saturated heterocycles. The standard InChI is InChI=1S/C14H23N3O2/c1-4-9-6-7-11(15)12(16)10(9)8-14(3,17)13(18)19-5-2/h6-7H,4-5,8,15-17H2,1-3H3. The van der Waals surface area contributed by atoms with Crippen molar-refractivity contribution in [3.8, 4) is 0 Å². The van der Waals surface area contributed by atoms with Crippen molar-refractivity contribution in [1.82, 2.24) is 0 Å². The van der Waals surface area contributed by atoms with E-state index in [1.54, 1.807) is 19.9 Å². The van der Waals surface area contributed by atoms with E-state index in [9.17, 15) is 4.79 Å². The van der Waals surface area contributed by atoms with E-state index >= 15 is 0 Å². The zero-order valence-corrected chi connectivity index (χ0v) is 11.8. The smallest absolute Gasteiger partial charge is 0.326 e. The number of carbonyl (C=O) groups excluding carboxylic acids is 1. The van der Waals surface area contributed by atoms with Gasteiger partial charge in [-0.1, -0.05) is 13.0 Å². The molecular weight excluding hydrogens is 242 g/mol. The average molecular weight is 265 g/mol. The quantitative estimate of drug-likeness (QED) is 0.549. The van der Waals surface area contributed by atoms with Crippen LogP contribution in [0.4, 0.5) is 11.4 Å². The zero-order chi connectivity index (χ0) is 14.6. The van der Waals surface area contributed by atoms with Crippen LogP contribution in [0.25, 0.3) is 0 Å². The Morgan fingerprint density at radius 2 is 1.95 bits per heavy atom. The van der Waals surface area contributed by atoms with Gasteiger partial charge in [0, 0.05) is 6.42 Å². The summed E-state index contributed by atoms with van der Waals surface area (Å²) < 4.78 is 4.99. The van der Waals surface area contributed by atoms with Crippen LogP contribution in [0.1, 0.15) is 31.9 Å². The van der Waals surface area contributed by atoms with Crippen molar-refractivity contribution in [2.45, 2.75) is 39.2 Å². The van der Waals surface area contributed by atoms with Crippen LogP contribution in [0.2, 0.25) is 0 Å². The lowest BCUT2D eigenvalue weighted by atomic mass is 9.89. The molecule has 0 aliphatic rings. The fourth-order valence-electron chi connectivity index (χ4n) is 2.00. The first kappa shape index (κ1) is 15.3. The summed E-state index contributed by atoms with van der Waals surface area (Å²) in [6, 6.07) is 3.69. The molecule has 0 heterocycles.